The molecule has 1 aliphatic heterocycles. The molecular weight excluding hydrogens is 450 g/mol. The minimum atomic E-state index is -1.02. The Morgan fingerprint density at radius 3 is 2.93 bits per heavy atom. The highest BCUT2D eigenvalue weighted by Gasteiger charge is 2.45. The van der Waals surface area contributed by atoms with E-state index in [0.29, 0.717) is 23.3 Å². The molecule has 4 atom stereocenters. The van der Waals surface area contributed by atoms with Gasteiger partial charge in [0.15, 0.2) is 0 Å². The summed E-state index contributed by atoms with van der Waals surface area (Å²) in [5, 5.41) is 25.7. The largest absolute Gasteiger partial charge is 0.487 e. The van der Waals surface area contributed by atoms with E-state index in [4.69, 9.17) is 10.5 Å². The summed E-state index contributed by atoms with van der Waals surface area (Å²) in [6.07, 6.45) is 2.09. The number of benzene rings is 1. The number of aromatic nitrogens is 3. The quantitative estimate of drug-likeness (QED) is 0.458. The summed E-state index contributed by atoms with van der Waals surface area (Å²) < 4.78 is 8.90. The van der Waals surface area contributed by atoms with Crippen molar-refractivity contribution in [2.75, 3.05) is 12.3 Å². The highest BCUT2D eigenvalue weighted by molar-refractivity contribution is 9.10. The molecule has 3 heterocycles. The maximum absolute atomic E-state index is 10.8. The van der Waals surface area contributed by atoms with Crippen LogP contribution >= 0.6 is 15.9 Å². The summed E-state index contributed by atoms with van der Waals surface area (Å²) in [7, 11) is 0. The third kappa shape index (κ3) is 3.17. The molecule has 0 amide bonds. The predicted molar refractivity (Wildman–Crippen MR) is 116 cm³/mol. The Labute approximate surface area is 182 Å². The molecule has 8 nitrogen and oxygen atoms in total. The molecule has 30 heavy (non-hydrogen) atoms. The fourth-order valence-corrected chi connectivity index (χ4v) is 5.26. The second-order valence-electron chi connectivity index (χ2n) is 8.11. The number of nitrogens with two attached hydrogens (primary N) is 1. The van der Waals surface area contributed by atoms with E-state index in [1.807, 2.05) is 23.8 Å². The van der Waals surface area contributed by atoms with Gasteiger partial charge in [0, 0.05) is 29.2 Å². The number of nitrogen functional groups attached to an aromatic ring is 1. The summed E-state index contributed by atoms with van der Waals surface area (Å²) in [5.41, 5.74) is 10.2. The molecule has 5 rings (SSSR count). The number of anilines is 1. The van der Waals surface area contributed by atoms with Gasteiger partial charge in [0.1, 0.15) is 41.9 Å². The maximum Gasteiger partial charge on any atom is 0.147 e. The van der Waals surface area contributed by atoms with Crippen LogP contribution in [0.3, 0.4) is 0 Å². The molecule has 1 aromatic carbocycles. The minimum Gasteiger partial charge on any atom is -0.487 e. The second kappa shape index (κ2) is 7.49. The Balaban J connectivity index is 1.47. The van der Waals surface area contributed by atoms with Crippen molar-refractivity contribution >= 4 is 32.8 Å². The lowest BCUT2D eigenvalue weighted by atomic mass is 9.97. The van der Waals surface area contributed by atoms with Gasteiger partial charge in [-0.05, 0) is 53.0 Å². The zero-order chi connectivity index (χ0) is 21.0. The van der Waals surface area contributed by atoms with E-state index in [2.05, 4.69) is 37.3 Å². The third-order valence-electron chi connectivity index (χ3n) is 6.15. The fraction of sp³-hybridized carbons (Fsp3) is 0.429. The number of hydrogen-bond donors (Lipinski definition) is 4. The molecule has 1 saturated carbocycles. The zero-order valence-corrected chi connectivity index (χ0v) is 18.1. The first-order valence-corrected chi connectivity index (χ1v) is 10.9. The van der Waals surface area contributed by atoms with Crippen LogP contribution in [0.1, 0.15) is 29.2 Å². The molecule has 0 radical (unpaired) electrons. The van der Waals surface area contributed by atoms with Crippen LogP contribution in [0.2, 0.25) is 0 Å². The van der Waals surface area contributed by atoms with Crippen molar-refractivity contribution in [3.63, 3.8) is 0 Å². The van der Waals surface area contributed by atoms with Crippen LogP contribution in [0.25, 0.3) is 11.0 Å². The van der Waals surface area contributed by atoms with Gasteiger partial charge in [0.25, 0.3) is 0 Å². The highest BCUT2D eigenvalue weighted by Crippen LogP contribution is 2.39. The molecule has 0 unspecified atom stereocenters. The number of halogens is 1. The van der Waals surface area contributed by atoms with E-state index in [0.717, 1.165) is 40.9 Å². The lowest BCUT2D eigenvalue weighted by molar-refractivity contribution is -0.0166. The molecule has 158 valence electrons. The summed E-state index contributed by atoms with van der Waals surface area (Å²) in [4.78, 5) is 8.39. The number of rotatable bonds is 3. The number of aliphatic hydroxyl groups excluding tert-OH is 2. The van der Waals surface area contributed by atoms with Crippen LogP contribution in [0.15, 0.2) is 29.1 Å². The third-order valence-corrected chi connectivity index (χ3v) is 6.75. The first-order valence-electron chi connectivity index (χ1n) is 10.1. The van der Waals surface area contributed by atoms with Crippen molar-refractivity contribution in [1.82, 2.24) is 19.9 Å². The lowest BCUT2D eigenvalue weighted by Crippen LogP contribution is -2.35. The number of aryl methyl sites for hydroxylation is 1. The normalized spacial score (nSPS) is 26.1. The molecule has 0 bridgehead atoms. The minimum absolute atomic E-state index is 0.366. The number of nitrogens with zero attached hydrogens (tertiary/aromatic N) is 3. The average molecular weight is 474 g/mol. The van der Waals surface area contributed by atoms with Crippen molar-refractivity contribution in [3.8, 4) is 5.75 Å². The van der Waals surface area contributed by atoms with Crippen molar-refractivity contribution in [1.29, 1.82) is 0 Å². The van der Waals surface area contributed by atoms with Crippen LogP contribution < -0.4 is 15.8 Å². The maximum atomic E-state index is 10.8. The van der Waals surface area contributed by atoms with Gasteiger partial charge >= 0.3 is 0 Å². The molecule has 2 aliphatic rings. The van der Waals surface area contributed by atoms with Gasteiger partial charge in [-0.15, -0.1) is 0 Å². The summed E-state index contributed by atoms with van der Waals surface area (Å²) in [6.45, 7) is 3.74. The van der Waals surface area contributed by atoms with Crippen LogP contribution in [0.4, 0.5) is 5.82 Å². The average Bonchev–Trinajstić information content (AvgIpc) is 3.20. The smallest absolute Gasteiger partial charge is 0.147 e. The Kier molecular flexibility index (Phi) is 4.93. The molecule has 1 aliphatic carbocycles. The van der Waals surface area contributed by atoms with Gasteiger partial charge in [-0.2, -0.15) is 0 Å². The number of ether oxygens (including phenoxy) is 1. The van der Waals surface area contributed by atoms with Crippen molar-refractivity contribution in [2.24, 2.45) is 0 Å². The van der Waals surface area contributed by atoms with Crippen molar-refractivity contribution in [2.45, 2.75) is 50.7 Å². The number of hydrogen-bond acceptors (Lipinski definition) is 7. The molecule has 2 aromatic heterocycles. The summed E-state index contributed by atoms with van der Waals surface area (Å²) in [6, 6.07) is 3.81. The van der Waals surface area contributed by atoms with E-state index in [1.54, 1.807) is 0 Å². The van der Waals surface area contributed by atoms with Crippen LogP contribution in [0, 0.1) is 6.92 Å². The molecule has 5 N–H and O–H groups in total. The number of aliphatic hydroxyl groups is 2. The molecule has 9 heteroatoms. The number of fused-ring (bicyclic) bond motifs is 2. The standard InChI is InChI=1S/C21H24BrN5O3/c1-10-4-11-2-3-24-7-12(11)15(5-10)30-16-6-14(18(28)19(16)29)27-8-13(22)17-20(23)25-9-26-21(17)27/h4-5,8-9,14,16,18-19,24,28-29H,2-3,6-7H2,1H3,(H2,23,25,26)/t14-,16+,18+,19-/m1/s1. The van der Waals surface area contributed by atoms with E-state index in [-0.39, 0.29) is 0 Å². The molecule has 1 fully saturated rings. The van der Waals surface area contributed by atoms with Gasteiger partial charge < -0.3 is 30.6 Å². The summed E-state index contributed by atoms with van der Waals surface area (Å²) in [5.74, 6) is 1.14. The van der Waals surface area contributed by atoms with Crippen LogP contribution in [-0.4, -0.2) is 49.6 Å². The number of nitrogens with one attached hydrogen (secondary N) is 1. The second-order valence-corrected chi connectivity index (χ2v) is 8.96. The Morgan fingerprint density at radius 1 is 1.27 bits per heavy atom. The Hall–Kier alpha value is -2.20. The van der Waals surface area contributed by atoms with Crippen LogP contribution in [0.5, 0.6) is 5.75 Å². The van der Waals surface area contributed by atoms with E-state index in [9.17, 15) is 10.2 Å². The van der Waals surface area contributed by atoms with Crippen molar-refractivity contribution < 1.29 is 14.9 Å². The summed E-state index contributed by atoms with van der Waals surface area (Å²) >= 11 is 3.51. The van der Waals surface area contributed by atoms with Gasteiger partial charge in [-0.1, -0.05) is 6.07 Å². The Bertz CT molecular complexity index is 1120. The highest BCUT2D eigenvalue weighted by atomic mass is 79.9. The molecule has 3 aromatic rings. The molecule has 0 spiro atoms. The van der Waals surface area contributed by atoms with E-state index in [1.165, 1.54) is 11.9 Å². The monoisotopic (exact) mass is 473 g/mol. The molecule has 0 saturated heterocycles. The van der Waals surface area contributed by atoms with E-state index >= 15 is 0 Å². The topological polar surface area (TPSA) is 118 Å². The predicted octanol–water partition coefficient (Wildman–Crippen LogP) is 1.84. The fourth-order valence-electron chi connectivity index (χ4n) is 4.66. The first kappa shape index (κ1) is 19.7. The van der Waals surface area contributed by atoms with Gasteiger partial charge in [-0.3, -0.25) is 0 Å². The molecular formula is C21H24BrN5O3. The Morgan fingerprint density at radius 2 is 2.10 bits per heavy atom. The van der Waals surface area contributed by atoms with Gasteiger partial charge in [-0.25, -0.2) is 9.97 Å². The lowest BCUT2D eigenvalue weighted by Gasteiger charge is -2.25. The van der Waals surface area contributed by atoms with Crippen molar-refractivity contribution in [3.05, 3.63) is 45.8 Å². The first-order chi connectivity index (χ1) is 14.4. The van der Waals surface area contributed by atoms with Crippen LogP contribution in [-0.2, 0) is 13.0 Å². The van der Waals surface area contributed by atoms with Gasteiger partial charge in [0.05, 0.1) is 11.4 Å². The zero-order valence-electron chi connectivity index (χ0n) is 16.5. The van der Waals surface area contributed by atoms with E-state index < -0.39 is 24.4 Å². The SMILES string of the molecule is Cc1cc2c(c(O[C@H]3C[C@@H](n4cc(Br)c5c(N)ncnc54)[C@H](O)[C@@H]3O)c1)CNCC2. The van der Waals surface area contributed by atoms with Gasteiger partial charge in [0.2, 0.25) is 0 Å².